The third-order valence-electron chi connectivity index (χ3n) is 4.60. The van der Waals surface area contributed by atoms with E-state index in [1.54, 1.807) is 7.05 Å². The Balaban J connectivity index is 3.11. The number of hydrogen-bond acceptors (Lipinski definition) is 2. The van der Waals surface area contributed by atoms with Crippen molar-refractivity contribution in [3.8, 4) is 0 Å². The van der Waals surface area contributed by atoms with Crippen LogP contribution in [-0.2, 0) is 4.79 Å². The number of likely N-dealkylation sites (N-methyl/N-ethyl adjacent to an activating group) is 1. The number of hydrogen-bond donors (Lipinski definition) is 2. The molecule has 0 bridgehead atoms. The number of rotatable bonds is 19. The van der Waals surface area contributed by atoms with Gasteiger partial charge in [-0.2, -0.15) is 0 Å². The number of carbonyl (C=O) groups excluding carboxylic acids is 1. The second kappa shape index (κ2) is 21.2. The highest BCUT2D eigenvalue weighted by Gasteiger charge is 1.97. The fourth-order valence-corrected chi connectivity index (χ4v) is 3.00. The van der Waals surface area contributed by atoms with Gasteiger partial charge in [0.25, 0.3) is 0 Å². The molecule has 0 aromatic rings. The van der Waals surface area contributed by atoms with Gasteiger partial charge in [-0.15, -0.1) is 0 Å². The van der Waals surface area contributed by atoms with Gasteiger partial charge in [-0.05, 0) is 39.2 Å². The summed E-state index contributed by atoms with van der Waals surface area (Å²) in [6, 6.07) is 0. The van der Waals surface area contributed by atoms with E-state index in [1.807, 2.05) is 0 Å². The summed E-state index contributed by atoms with van der Waals surface area (Å²) in [5.41, 5.74) is 0. The Kier molecular flexibility index (Phi) is 20.5. The van der Waals surface area contributed by atoms with E-state index in [2.05, 4.69) is 29.7 Å². The van der Waals surface area contributed by atoms with Crippen LogP contribution < -0.4 is 10.6 Å². The highest BCUT2D eigenvalue weighted by Crippen LogP contribution is 2.10. The van der Waals surface area contributed by atoms with Gasteiger partial charge in [0, 0.05) is 6.54 Å². The zero-order chi connectivity index (χ0) is 18.4. The lowest BCUT2D eigenvalue weighted by Gasteiger charge is -2.04. The summed E-state index contributed by atoms with van der Waals surface area (Å²) in [5.74, 6) is 0.103. The van der Waals surface area contributed by atoms with Crippen LogP contribution in [0.15, 0.2) is 12.2 Å². The van der Waals surface area contributed by atoms with Crippen molar-refractivity contribution < 1.29 is 4.79 Å². The molecular formula is C22H44N2O. The van der Waals surface area contributed by atoms with E-state index in [4.69, 9.17) is 0 Å². The van der Waals surface area contributed by atoms with Crippen LogP contribution in [0.2, 0.25) is 0 Å². The maximum Gasteiger partial charge on any atom is 0.233 e. The molecule has 0 saturated carbocycles. The molecule has 0 aliphatic heterocycles. The molecule has 0 unspecified atom stereocenters. The molecule has 0 spiro atoms. The van der Waals surface area contributed by atoms with Crippen molar-refractivity contribution in [1.82, 2.24) is 10.6 Å². The second-order valence-electron chi connectivity index (χ2n) is 7.17. The first-order chi connectivity index (χ1) is 12.3. The Morgan fingerprint density at radius 3 is 1.72 bits per heavy atom. The van der Waals surface area contributed by atoms with Gasteiger partial charge < -0.3 is 10.6 Å². The Morgan fingerprint density at radius 2 is 1.20 bits per heavy atom. The highest BCUT2D eigenvalue weighted by atomic mass is 16.1. The smallest absolute Gasteiger partial charge is 0.233 e. The third-order valence-corrected chi connectivity index (χ3v) is 4.60. The zero-order valence-electron chi connectivity index (χ0n) is 17.1. The Bertz CT molecular complexity index is 302. The molecule has 1 amide bonds. The van der Waals surface area contributed by atoms with E-state index in [-0.39, 0.29) is 5.91 Å². The van der Waals surface area contributed by atoms with Gasteiger partial charge in [-0.25, -0.2) is 0 Å². The van der Waals surface area contributed by atoms with Crippen molar-refractivity contribution in [2.45, 2.75) is 103 Å². The topological polar surface area (TPSA) is 41.1 Å². The molecule has 0 fully saturated rings. The first-order valence-corrected chi connectivity index (χ1v) is 10.9. The molecule has 0 rings (SSSR count). The first kappa shape index (κ1) is 24.2. The SMILES string of the molecule is CCCCCCCCC/C=C\CCCCCCCCNC(=O)CNC. The fraction of sp³-hybridized carbons (Fsp3) is 0.864. The molecule has 0 aromatic carbocycles. The zero-order valence-corrected chi connectivity index (χ0v) is 17.1. The normalized spacial score (nSPS) is 11.3. The number of unbranched alkanes of at least 4 members (excludes halogenated alkanes) is 13. The van der Waals surface area contributed by atoms with E-state index >= 15 is 0 Å². The number of nitrogens with one attached hydrogen (secondary N) is 2. The molecule has 148 valence electrons. The second-order valence-corrected chi connectivity index (χ2v) is 7.17. The Hall–Kier alpha value is -0.830. The first-order valence-electron chi connectivity index (χ1n) is 10.9. The van der Waals surface area contributed by atoms with Crippen LogP contribution in [0, 0.1) is 0 Å². The maximum atomic E-state index is 11.2. The minimum atomic E-state index is 0.103. The van der Waals surface area contributed by atoms with Gasteiger partial charge in [-0.1, -0.05) is 83.3 Å². The van der Waals surface area contributed by atoms with E-state index < -0.39 is 0 Å². The third kappa shape index (κ3) is 21.1. The highest BCUT2D eigenvalue weighted by molar-refractivity contribution is 5.77. The van der Waals surface area contributed by atoms with E-state index in [9.17, 15) is 4.79 Å². The molecule has 0 atom stereocenters. The van der Waals surface area contributed by atoms with E-state index in [1.165, 1.54) is 89.9 Å². The molecule has 3 nitrogen and oxygen atoms in total. The lowest BCUT2D eigenvalue weighted by Crippen LogP contribution is -2.32. The van der Waals surface area contributed by atoms with Crippen molar-refractivity contribution in [1.29, 1.82) is 0 Å². The van der Waals surface area contributed by atoms with Crippen LogP contribution in [0.3, 0.4) is 0 Å². The molecule has 0 heterocycles. The predicted octanol–water partition coefficient (Wildman–Crippen LogP) is 5.75. The minimum Gasteiger partial charge on any atom is -0.355 e. The van der Waals surface area contributed by atoms with Crippen molar-refractivity contribution in [3.63, 3.8) is 0 Å². The average molecular weight is 353 g/mol. The molecule has 0 aliphatic carbocycles. The molecule has 0 aromatic heterocycles. The number of carbonyl (C=O) groups is 1. The Labute approximate surface area is 157 Å². The van der Waals surface area contributed by atoms with E-state index in [0.29, 0.717) is 6.54 Å². The van der Waals surface area contributed by atoms with Crippen molar-refractivity contribution in [3.05, 3.63) is 12.2 Å². The quantitative estimate of drug-likeness (QED) is 0.229. The van der Waals surface area contributed by atoms with Crippen LogP contribution in [-0.4, -0.2) is 26.0 Å². The summed E-state index contributed by atoms with van der Waals surface area (Å²) >= 11 is 0. The molecular weight excluding hydrogens is 308 g/mol. The summed E-state index contributed by atoms with van der Waals surface area (Å²) in [6.45, 7) is 3.52. The summed E-state index contributed by atoms with van der Waals surface area (Å²) < 4.78 is 0. The lowest BCUT2D eigenvalue weighted by molar-refractivity contribution is -0.120. The van der Waals surface area contributed by atoms with Crippen LogP contribution in [0.4, 0.5) is 0 Å². The average Bonchev–Trinajstić information content (AvgIpc) is 2.61. The van der Waals surface area contributed by atoms with Gasteiger partial charge in [0.2, 0.25) is 5.91 Å². The van der Waals surface area contributed by atoms with Crippen molar-refractivity contribution in [2.24, 2.45) is 0 Å². The molecule has 0 radical (unpaired) electrons. The monoisotopic (exact) mass is 352 g/mol. The summed E-state index contributed by atoms with van der Waals surface area (Å²) in [5, 5.41) is 5.78. The van der Waals surface area contributed by atoms with E-state index in [0.717, 1.165) is 13.0 Å². The van der Waals surface area contributed by atoms with Gasteiger partial charge >= 0.3 is 0 Å². The number of amides is 1. The van der Waals surface area contributed by atoms with Gasteiger partial charge in [-0.3, -0.25) is 4.79 Å². The lowest BCUT2D eigenvalue weighted by atomic mass is 10.1. The van der Waals surface area contributed by atoms with Gasteiger partial charge in [0.05, 0.1) is 6.54 Å². The molecule has 25 heavy (non-hydrogen) atoms. The standard InChI is InChI=1S/C22H44N2O/c1-3-4-5-6-7-8-9-10-11-12-13-14-15-16-17-18-19-20-24-22(25)21-23-2/h11-12,23H,3-10,13-21H2,1-2H3,(H,24,25)/b12-11-. The molecule has 0 aliphatic rings. The van der Waals surface area contributed by atoms with Crippen molar-refractivity contribution in [2.75, 3.05) is 20.1 Å². The Morgan fingerprint density at radius 1 is 0.720 bits per heavy atom. The van der Waals surface area contributed by atoms with Gasteiger partial charge in [0.1, 0.15) is 0 Å². The molecule has 2 N–H and O–H groups in total. The molecule has 0 saturated heterocycles. The van der Waals surface area contributed by atoms with Crippen LogP contribution in [0.1, 0.15) is 103 Å². The van der Waals surface area contributed by atoms with Crippen LogP contribution >= 0.6 is 0 Å². The summed E-state index contributed by atoms with van der Waals surface area (Å²) in [4.78, 5) is 11.2. The maximum absolute atomic E-state index is 11.2. The fourth-order valence-electron chi connectivity index (χ4n) is 3.00. The van der Waals surface area contributed by atoms with Crippen molar-refractivity contribution >= 4 is 5.91 Å². The summed E-state index contributed by atoms with van der Waals surface area (Å²) in [6.07, 6.45) is 24.7. The van der Waals surface area contributed by atoms with Gasteiger partial charge in [0.15, 0.2) is 0 Å². The van der Waals surface area contributed by atoms with Crippen LogP contribution in [0.25, 0.3) is 0 Å². The summed E-state index contributed by atoms with van der Waals surface area (Å²) in [7, 11) is 1.80. The predicted molar refractivity (Wildman–Crippen MR) is 111 cm³/mol. The molecule has 3 heteroatoms. The van der Waals surface area contributed by atoms with Crippen LogP contribution in [0.5, 0.6) is 0 Å². The number of allylic oxidation sites excluding steroid dienone is 2. The minimum absolute atomic E-state index is 0.103. The largest absolute Gasteiger partial charge is 0.355 e.